The average molecular weight is 295 g/mol. The van der Waals surface area contributed by atoms with E-state index < -0.39 is 16.6 Å². The summed E-state index contributed by atoms with van der Waals surface area (Å²) in [5.41, 5.74) is 4.92. The number of carbonyl (C=O) groups is 1. The molecular weight excluding hydrogens is 286 g/mol. The predicted molar refractivity (Wildman–Crippen MR) is 70.4 cm³/mol. The van der Waals surface area contributed by atoms with Crippen LogP contribution in [0.4, 0.5) is 11.6 Å². The van der Waals surface area contributed by atoms with E-state index in [0.29, 0.717) is 10.7 Å². The maximum Gasteiger partial charge on any atom is 0.343 e. The second kappa shape index (κ2) is 5.57. The molecule has 20 heavy (non-hydrogen) atoms. The van der Waals surface area contributed by atoms with Gasteiger partial charge in [-0.25, -0.2) is 9.89 Å². The van der Waals surface area contributed by atoms with Crippen LogP contribution in [-0.4, -0.2) is 31.2 Å². The van der Waals surface area contributed by atoms with E-state index in [4.69, 9.17) is 10.8 Å². The van der Waals surface area contributed by atoms with Gasteiger partial charge in [0, 0.05) is 11.8 Å². The van der Waals surface area contributed by atoms with E-state index in [1.54, 1.807) is 0 Å². The topological polar surface area (TPSA) is 148 Å². The lowest BCUT2D eigenvalue weighted by molar-refractivity contribution is -0.385. The number of aromatic carboxylic acids is 1. The molecule has 1 aromatic carbocycles. The number of nitrogens with two attached hydrogens (primary N) is 1. The molecule has 1 heterocycles. The van der Waals surface area contributed by atoms with Gasteiger partial charge in [0.25, 0.3) is 5.69 Å². The summed E-state index contributed by atoms with van der Waals surface area (Å²) in [6.45, 7) is 0. The van der Waals surface area contributed by atoms with Gasteiger partial charge in [-0.05, 0) is 5.56 Å². The molecule has 0 unspecified atom stereocenters. The summed E-state index contributed by atoms with van der Waals surface area (Å²) in [5.74, 6) is -1.02. The normalized spacial score (nSPS) is 10.4. The standard InChI is InChI=1S/C10H9N5O4S/c11-9-12-10(14-13-9)20-4-5-2-1-3-6(15(18)19)7(5)8(16)17/h1-3H,4H2,(H,16,17)(H3,11,12,13,14). The first-order valence-corrected chi connectivity index (χ1v) is 6.28. The van der Waals surface area contributed by atoms with Crippen molar-refractivity contribution in [2.45, 2.75) is 10.9 Å². The molecule has 0 aliphatic carbocycles. The first-order valence-electron chi connectivity index (χ1n) is 5.29. The highest BCUT2D eigenvalue weighted by Gasteiger charge is 2.23. The van der Waals surface area contributed by atoms with Gasteiger partial charge in [0.2, 0.25) is 11.1 Å². The van der Waals surface area contributed by atoms with Crippen LogP contribution in [-0.2, 0) is 5.75 Å². The maximum absolute atomic E-state index is 11.2. The first kappa shape index (κ1) is 13.8. The Bertz CT molecular complexity index is 671. The Hall–Kier alpha value is -2.62. The van der Waals surface area contributed by atoms with E-state index in [1.165, 1.54) is 12.1 Å². The van der Waals surface area contributed by atoms with Crippen molar-refractivity contribution in [3.8, 4) is 0 Å². The highest BCUT2D eigenvalue weighted by atomic mass is 32.2. The van der Waals surface area contributed by atoms with Crippen molar-refractivity contribution in [2.75, 3.05) is 5.73 Å². The van der Waals surface area contributed by atoms with Gasteiger partial charge in [0.05, 0.1) is 4.92 Å². The summed E-state index contributed by atoms with van der Waals surface area (Å²) in [5, 5.41) is 26.5. The van der Waals surface area contributed by atoms with Crippen molar-refractivity contribution >= 4 is 29.4 Å². The van der Waals surface area contributed by atoms with Crippen LogP contribution in [0.15, 0.2) is 23.4 Å². The van der Waals surface area contributed by atoms with Crippen LogP contribution in [0.25, 0.3) is 0 Å². The van der Waals surface area contributed by atoms with E-state index in [-0.39, 0.29) is 17.3 Å². The second-order valence-corrected chi connectivity index (χ2v) is 4.61. The predicted octanol–water partition coefficient (Wildman–Crippen LogP) is 1.29. The molecule has 104 valence electrons. The Morgan fingerprint density at radius 2 is 2.30 bits per heavy atom. The average Bonchev–Trinajstić information content (AvgIpc) is 2.81. The molecule has 1 aromatic heterocycles. The number of nitro benzene ring substituents is 1. The zero-order chi connectivity index (χ0) is 14.7. The zero-order valence-corrected chi connectivity index (χ0v) is 10.8. The summed E-state index contributed by atoms with van der Waals surface area (Å²) in [4.78, 5) is 25.2. The van der Waals surface area contributed by atoms with Crippen molar-refractivity contribution < 1.29 is 14.8 Å². The van der Waals surface area contributed by atoms with Crippen LogP contribution in [0.2, 0.25) is 0 Å². The van der Waals surface area contributed by atoms with Crippen molar-refractivity contribution in [1.82, 2.24) is 15.2 Å². The fourth-order valence-corrected chi connectivity index (χ4v) is 2.37. The van der Waals surface area contributed by atoms with Crippen LogP contribution >= 0.6 is 11.8 Å². The summed E-state index contributed by atoms with van der Waals surface area (Å²) in [7, 11) is 0. The number of aromatic nitrogens is 3. The van der Waals surface area contributed by atoms with E-state index in [9.17, 15) is 14.9 Å². The number of carboxylic acid groups (broad SMARTS) is 1. The molecule has 0 amide bonds. The number of nitrogens with zero attached hydrogens (tertiary/aromatic N) is 3. The van der Waals surface area contributed by atoms with Gasteiger partial charge in [-0.2, -0.15) is 4.98 Å². The van der Waals surface area contributed by atoms with Gasteiger partial charge in [0.15, 0.2) is 0 Å². The number of nitro groups is 1. The summed E-state index contributed by atoms with van der Waals surface area (Å²) in [6.07, 6.45) is 0. The Kier molecular flexibility index (Phi) is 3.84. The first-order chi connectivity index (χ1) is 9.49. The Labute approximate surface area is 116 Å². The quantitative estimate of drug-likeness (QED) is 0.424. The molecule has 4 N–H and O–H groups in total. The molecule has 2 aromatic rings. The Morgan fingerprint density at radius 3 is 2.85 bits per heavy atom. The lowest BCUT2D eigenvalue weighted by Crippen LogP contribution is -2.06. The molecule has 0 aliphatic rings. The molecule has 0 fully saturated rings. The number of thioether (sulfide) groups is 1. The molecule has 9 nitrogen and oxygen atoms in total. The van der Waals surface area contributed by atoms with Gasteiger partial charge in [-0.15, -0.1) is 5.10 Å². The minimum Gasteiger partial charge on any atom is -0.477 e. The smallest absolute Gasteiger partial charge is 0.343 e. The monoisotopic (exact) mass is 295 g/mol. The number of hydrogen-bond donors (Lipinski definition) is 3. The van der Waals surface area contributed by atoms with E-state index in [2.05, 4.69) is 15.2 Å². The van der Waals surface area contributed by atoms with Gasteiger partial charge in [0.1, 0.15) is 5.56 Å². The highest BCUT2D eigenvalue weighted by molar-refractivity contribution is 7.98. The number of rotatable bonds is 5. The molecule has 2 rings (SSSR count). The number of carboxylic acids is 1. The van der Waals surface area contributed by atoms with Crippen LogP contribution in [0.1, 0.15) is 15.9 Å². The molecule has 0 atom stereocenters. The van der Waals surface area contributed by atoms with Crippen LogP contribution in [0, 0.1) is 10.1 Å². The maximum atomic E-state index is 11.2. The van der Waals surface area contributed by atoms with Crippen molar-refractivity contribution in [3.63, 3.8) is 0 Å². The lowest BCUT2D eigenvalue weighted by Gasteiger charge is -2.04. The third kappa shape index (κ3) is 2.85. The number of aromatic amines is 1. The van der Waals surface area contributed by atoms with E-state index in [0.717, 1.165) is 17.8 Å². The number of benzene rings is 1. The SMILES string of the molecule is Nc1nc(SCc2cccc([N+](=O)[O-])c2C(=O)O)n[nH]1. The molecule has 0 saturated carbocycles. The van der Waals surface area contributed by atoms with Crippen LogP contribution < -0.4 is 5.73 Å². The van der Waals surface area contributed by atoms with Gasteiger partial charge >= 0.3 is 5.97 Å². The van der Waals surface area contributed by atoms with Gasteiger partial charge in [-0.1, -0.05) is 23.9 Å². The fraction of sp³-hybridized carbons (Fsp3) is 0.100. The minimum absolute atomic E-state index is 0.144. The molecule has 0 saturated heterocycles. The third-order valence-corrected chi connectivity index (χ3v) is 3.27. The Morgan fingerprint density at radius 1 is 1.55 bits per heavy atom. The number of H-pyrrole nitrogens is 1. The summed E-state index contributed by atoms with van der Waals surface area (Å²) >= 11 is 1.13. The van der Waals surface area contributed by atoms with Gasteiger partial charge < -0.3 is 10.8 Å². The van der Waals surface area contributed by atoms with Crippen molar-refractivity contribution in [1.29, 1.82) is 0 Å². The van der Waals surface area contributed by atoms with E-state index >= 15 is 0 Å². The van der Waals surface area contributed by atoms with Crippen molar-refractivity contribution in [2.24, 2.45) is 0 Å². The minimum atomic E-state index is -1.34. The summed E-state index contributed by atoms with van der Waals surface area (Å²) in [6, 6.07) is 4.11. The number of hydrogen-bond acceptors (Lipinski definition) is 7. The number of anilines is 1. The molecule has 0 aliphatic heterocycles. The number of nitrogen functional groups attached to an aromatic ring is 1. The van der Waals surface area contributed by atoms with Gasteiger partial charge in [-0.3, -0.25) is 10.1 Å². The highest BCUT2D eigenvalue weighted by Crippen LogP contribution is 2.27. The summed E-state index contributed by atoms with van der Waals surface area (Å²) < 4.78 is 0. The second-order valence-electron chi connectivity index (χ2n) is 3.67. The number of nitrogens with one attached hydrogen (secondary N) is 1. The van der Waals surface area contributed by atoms with Crippen LogP contribution in [0.5, 0.6) is 0 Å². The molecule has 0 spiro atoms. The molecule has 0 radical (unpaired) electrons. The largest absolute Gasteiger partial charge is 0.477 e. The van der Waals surface area contributed by atoms with Crippen molar-refractivity contribution in [3.05, 3.63) is 39.4 Å². The molecule has 10 heteroatoms. The van der Waals surface area contributed by atoms with E-state index in [1.807, 2.05) is 0 Å². The third-order valence-electron chi connectivity index (χ3n) is 2.38. The lowest BCUT2D eigenvalue weighted by atomic mass is 10.1. The fourth-order valence-electron chi connectivity index (χ4n) is 1.57. The van der Waals surface area contributed by atoms with Crippen LogP contribution in [0.3, 0.4) is 0 Å². The zero-order valence-electron chi connectivity index (χ0n) is 9.94. The molecule has 0 bridgehead atoms. The molecular formula is C10H9N5O4S. The Balaban J connectivity index is 2.29.